The summed E-state index contributed by atoms with van der Waals surface area (Å²) >= 11 is 12.3. The lowest BCUT2D eigenvalue weighted by Gasteiger charge is -2.11. The summed E-state index contributed by atoms with van der Waals surface area (Å²) in [5.74, 6) is 0. The van der Waals surface area contributed by atoms with Gasteiger partial charge in [-0.05, 0) is 17.2 Å². The molecule has 0 saturated heterocycles. The van der Waals surface area contributed by atoms with Crippen molar-refractivity contribution in [2.45, 2.75) is 11.9 Å². The van der Waals surface area contributed by atoms with Gasteiger partial charge < -0.3 is 5.32 Å². The van der Waals surface area contributed by atoms with Gasteiger partial charge in [-0.2, -0.15) is 0 Å². The Bertz CT molecular complexity index is 488. The maximum atomic E-state index is 6.30. The Morgan fingerprint density at radius 3 is 2.67 bits per heavy atom. The normalized spacial score (nSPS) is 12.3. The number of halogens is 2. The molecule has 1 atom stereocenters. The molecule has 2 rings (SSSR count). The van der Waals surface area contributed by atoms with Gasteiger partial charge in [-0.1, -0.05) is 41.9 Å². The van der Waals surface area contributed by atoms with Crippen molar-refractivity contribution in [1.82, 2.24) is 10.3 Å². The Balaban J connectivity index is 1.84. The van der Waals surface area contributed by atoms with E-state index in [9.17, 15) is 0 Å². The van der Waals surface area contributed by atoms with Crippen molar-refractivity contribution in [2.24, 2.45) is 0 Å². The van der Waals surface area contributed by atoms with Crippen LogP contribution >= 0.6 is 23.2 Å². The Morgan fingerprint density at radius 1 is 1.17 bits per heavy atom. The molecule has 1 N–H and O–H groups in total. The van der Waals surface area contributed by atoms with E-state index in [0.29, 0.717) is 18.1 Å². The first-order valence-corrected chi connectivity index (χ1v) is 6.57. The Morgan fingerprint density at radius 2 is 1.94 bits per heavy atom. The molecular formula is C14H14Cl2N2. The summed E-state index contributed by atoms with van der Waals surface area (Å²) in [5.41, 5.74) is 2.15. The highest BCUT2D eigenvalue weighted by Crippen LogP contribution is 2.19. The zero-order valence-electron chi connectivity index (χ0n) is 9.81. The topological polar surface area (TPSA) is 24.9 Å². The molecule has 0 amide bonds. The van der Waals surface area contributed by atoms with Crippen molar-refractivity contribution in [2.75, 3.05) is 6.54 Å². The summed E-state index contributed by atoms with van der Waals surface area (Å²) in [4.78, 5) is 3.95. The van der Waals surface area contributed by atoms with Gasteiger partial charge >= 0.3 is 0 Å². The average Bonchev–Trinajstić information content (AvgIpc) is 2.42. The van der Waals surface area contributed by atoms with Crippen molar-refractivity contribution in [3.05, 3.63) is 64.9 Å². The molecule has 0 bridgehead atoms. The Labute approximate surface area is 117 Å². The van der Waals surface area contributed by atoms with Crippen LogP contribution < -0.4 is 5.32 Å². The molecular weight excluding hydrogens is 267 g/mol. The zero-order valence-corrected chi connectivity index (χ0v) is 11.3. The van der Waals surface area contributed by atoms with E-state index in [2.05, 4.69) is 10.3 Å². The predicted octanol–water partition coefficient (Wildman–Crippen LogP) is 3.80. The lowest BCUT2D eigenvalue weighted by Crippen LogP contribution is -2.18. The molecule has 2 aromatic rings. The van der Waals surface area contributed by atoms with Crippen molar-refractivity contribution < 1.29 is 0 Å². The molecule has 0 radical (unpaired) electrons. The van der Waals surface area contributed by atoms with E-state index < -0.39 is 0 Å². The van der Waals surface area contributed by atoms with Crippen LogP contribution in [-0.2, 0) is 6.54 Å². The van der Waals surface area contributed by atoms with E-state index >= 15 is 0 Å². The van der Waals surface area contributed by atoms with Gasteiger partial charge in [-0.15, -0.1) is 11.6 Å². The predicted molar refractivity (Wildman–Crippen MR) is 76.0 cm³/mol. The van der Waals surface area contributed by atoms with E-state index in [1.54, 1.807) is 12.4 Å². The number of pyridine rings is 1. The molecule has 2 nitrogen and oxygen atoms in total. The highest BCUT2D eigenvalue weighted by molar-refractivity contribution is 6.31. The van der Waals surface area contributed by atoms with Crippen molar-refractivity contribution in [3.8, 4) is 0 Å². The van der Waals surface area contributed by atoms with Gasteiger partial charge in [-0.3, -0.25) is 4.98 Å². The number of nitrogens with one attached hydrogen (secondary N) is 1. The summed E-state index contributed by atoms with van der Waals surface area (Å²) < 4.78 is 0. The highest BCUT2D eigenvalue weighted by atomic mass is 35.5. The van der Waals surface area contributed by atoms with Gasteiger partial charge in [0.05, 0.1) is 10.4 Å². The van der Waals surface area contributed by atoms with Gasteiger partial charge in [0.25, 0.3) is 0 Å². The standard InChI is InChI=1S/C14H14Cl2N2/c15-13(11-4-2-1-3-5-11)10-18-8-12-6-7-17-9-14(12)16/h1-7,9,13,18H,8,10H2. The zero-order chi connectivity index (χ0) is 12.8. The van der Waals surface area contributed by atoms with Crippen molar-refractivity contribution >= 4 is 23.2 Å². The number of hydrogen-bond acceptors (Lipinski definition) is 2. The molecule has 0 aliphatic heterocycles. The molecule has 94 valence electrons. The van der Waals surface area contributed by atoms with Gasteiger partial charge in [0.15, 0.2) is 0 Å². The van der Waals surface area contributed by atoms with Gasteiger partial charge in [0.2, 0.25) is 0 Å². The van der Waals surface area contributed by atoms with Crippen LogP contribution in [0.5, 0.6) is 0 Å². The molecule has 0 fully saturated rings. The molecule has 1 heterocycles. The lowest BCUT2D eigenvalue weighted by molar-refractivity contribution is 0.674. The number of benzene rings is 1. The minimum atomic E-state index is -0.0354. The second-order valence-corrected chi connectivity index (χ2v) is 4.91. The lowest BCUT2D eigenvalue weighted by atomic mass is 10.1. The highest BCUT2D eigenvalue weighted by Gasteiger charge is 2.07. The molecule has 0 aliphatic rings. The number of nitrogens with zero attached hydrogens (tertiary/aromatic N) is 1. The maximum absolute atomic E-state index is 6.30. The van der Waals surface area contributed by atoms with E-state index in [1.807, 2.05) is 36.4 Å². The van der Waals surface area contributed by atoms with Crippen LogP contribution in [0.25, 0.3) is 0 Å². The van der Waals surface area contributed by atoms with E-state index in [-0.39, 0.29) is 5.38 Å². The fraction of sp³-hybridized carbons (Fsp3) is 0.214. The molecule has 0 saturated carbocycles. The van der Waals surface area contributed by atoms with Crippen LogP contribution in [0.2, 0.25) is 5.02 Å². The Hall–Kier alpha value is -1.09. The quantitative estimate of drug-likeness (QED) is 0.843. The molecule has 18 heavy (non-hydrogen) atoms. The molecule has 1 aromatic heterocycles. The second kappa shape index (κ2) is 6.74. The molecule has 4 heteroatoms. The van der Waals surface area contributed by atoms with E-state index in [4.69, 9.17) is 23.2 Å². The number of alkyl halides is 1. The molecule has 1 aromatic carbocycles. The molecule has 0 aliphatic carbocycles. The third-order valence-corrected chi connectivity index (χ3v) is 3.40. The van der Waals surface area contributed by atoms with Crippen LogP contribution in [0.3, 0.4) is 0 Å². The average molecular weight is 281 g/mol. The van der Waals surface area contributed by atoms with Crippen molar-refractivity contribution in [1.29, 1.82) is 0 Å². The maximum Gasteiger partial charge on any atom is 0.0709 e. The second-order valence-electron chi connectivity index (χ2n) is 3.98. The fourth-order valence-corrected chi connectivity index (χ4v) is 2.10. The number of hydrogen-bond donors (Lipinski definition) is 1. The first-order valence-electron chi connectivity index (χ1n) is 5.75. The molecule has 1 unspecified atom stereocenters. The van der Waals surface area contributed by atoms with Crippen LogP contribution in [0, 0.1) is 0 Å². The summed E-state index contributed by atoms with van der Waals surface area (Å²) in [5, 5.41) is 3.94. The summed E-state index contributed by atoms with van der Waals surface area (Å²) in [6.45, 7) is 1.39. The SMILES string of the molecule is Clc1cnccc1CNCC(Cl)c1ccccc1. The minimum Gasteiger partial charge on any atom is -0.311 e. The monoisotopic (exact) mass is 280 g/mol. The van der Waals surface area contributed by atoms with Crippen LogP contribution in [0.4, 0.5) is 0 Å². The third kappa shape index (κ3) is 3.70. The number of rotatable bonds is 5. The Kier molecular flexibility index (Phi) is 5.00. The summed E-state index contributed by atoms with van der Waals surface area (Å²) in [6.07, 6.45) is 3.38. The minimum absolute atomic E-state index is 0.0354. The van der Waals surface area contributed by atoms with Gasteiger partial charge in [0.1, 0.15) is 0 Å². The fourth-order valence-electron chi connectivity index (χ4n) is 1.66. The smallest absolute Gasteiger partial charge is 0.0709 e. The van der Waals surface area contributed by atoms with Crippen LogP contribution in [0.15, 0.2) is 48.8 Å². The van der Waals surface area contributed by atoms with Crippen LogP contribution in [-0.4, -0.2) is 11.5 Å². The van der Waals surface area contributed by atoms with Crippen molar-refractivity contribution in [3.63, 3.8) is 0 Å². The van der Waals surface area contributed by atoms with E-state index in [1.165, 1.54) is 0 Å². The largest absolute Gasteiger partial charge is 0.311 e. The van der Waals surface area contributed by atoms with E-state index in [0.717, 1.165) is 11.1 Å². The third-order valence-electron chi connectivity index (χ3n) is 2.66. The number of aromatic nitrogens is 1. The van der Waals surface area contributed by atoms with Gasteiger partial charge in [-0.25, -0.2) is 0 Å². The molecule has 0 spiro atoms. The van der Waals surface area contributed by atoms with Gasteiger partial charge in [0, 0.05) is 25.5 Å². The first kappa shape index (κ1) is 13.3. The van der Waals surface area contributed by atoms with Crippen LogP contribution in [0.1, 0.15) is 16.5 Å². The summed E-state index contributed by atoms with van der Waals surface area (Å²) in [6, 6.07) is 11.9. The first-order chi connectivity index (χ1) is 8.77. The summed E-state index contributed by atoms with van der Waals surface area (Å²) in [7, 11) is 0.